The van der Waals surface area contributed by atoms with Crippen LogP contribution in [0.25, 0.3) is 22.4 Å². The Morgan fingerprint density at radius 3 is 2.35 bits per heavy atom. The second-order valence-corrected chi connectivity index (χ2v) is 7.13. The van der Waals surface area contributed by atoms with E-state index >= 15 is 0 Å². The topological polar surface area (TPSA) is 111 Å². The van der Waals surface area contributed by atoms with Gasteiger partial charge in [0, 0.05) is 12.1 Å². The summed E-state index contributed by atoms with van der Waals surface area (Å²) in [6, 6.07) is 13.3. The van der Waals surface area contributed by atoms with E-state index in [0.29, 0.717) is 45.5 Å². The van der Waals surface area contributed by atoms with Crippen LogP contribution in [0, 0.1) is 0 Å². The van der Waals surface area contributed by atoms with Crippen molar-refractivity contribution in [1.82, 2.24) is 34.7 Å². The van der Waals surface area contributed by atoms with Gasteiger partial charge in [0.15, 0.2) is 17.1 Å². The second-order valence-electron chi connectivity index (χ2n) is 7.13. The molecule has 0 amide bonds. The summed E-state index contributed by atoms with van der Waals surface area (Å²) in [7, 11) is 4.67. The minimum Gasteiger partial charge on any atom is -0.493 e. The number of methoxy groups -OCH3 is 3. The van der Waals surface area contributed by atoms with Crippen LogP contribution in [0.5, 0.6) is 23.1 Å². The van der Waals surface area contributed by atoms with E-state index in [1.54, 1.807) is 55.2 Å². The predicted molar refractivity (Wildman–Crippen MR) is 122 cm³/mol. The number of rotatable bonds is 8. The normalized spacial score (nSPS) is 10.9. The summed E-state index contributed by atoms with van der Waals surface area (Å²) in [5.74, 6) is 1.95. The first kappa shape index (κ1) is 21.2. The van der Waals surface area contributed by atoms with E-state index in [2.05, 4.69) is 25.4 Å². The molecule has 0 saturated carbocycles. The average Bonchev–Trinajstić information content (AvgIpc) is 3.55. The number of benzene rings is 2. The van der Waals surface area contributed by atoms with Gasteiger partial charge in [-0.25, -0.2) is 19.3 Å². The third-order valence-electron chi connectivity index (χ3n) is 5.14. The molecule has 2 aromatic carbocycles. The molecule has 5 rings (SSSR count). The fourth-order valence-electron chi connectivity index (χ4n) is 3.53. The van der Waals surface area contributed by atoms with Crippen molar-refractivity contribution in [3.63, 3.8) is 0 Å². The van der Waals surface area contributed by atoms with Gasteiger partial charge in [0.25, 0.3) is 0 Å². The van der Waals surface area contributed by atoms with Crippen LogP contribution in [0.2, 0.25) is 0 Å². The molecule has 0 atom stereocenters. The number of hydrogen-bond acceptors (Lipinski definition) is 9. The van der Waals surface area contributed by atoms with Crippen molar-refractivity contribution in [3.05, 3.63) is 66.9 Å². The summed E-state index contributed by atoms with van der Waals surface area (Å²) in [4.78, 5) is 8.64. The van der Waals surface area contributed by atoms with Crippen molar-refractivity contribution in [2.75, 3.05) is 21.3 Å². The number of hydrogen-bond donors (Lipinski definition) is 0. The molecule has 0 aliphatic rings. The van der Waals surface area contributed by atoms with Gasteiger partial charge in [-0.05, 0) is 12.1 Å². The third kappa shape index (κ3) is 3.83. The van der Waals surface area contributed by atoms with Crippen LogP contribution in [-0.4, -0.2) is 56.1 Å². The van der Waals surface area contributed by atoms with Crippen molar-refractivity contribution in [3.8, 4) is 34.5 Å². The van der Waals surface area contributed by atoms with E-state index in [9.17, 15) is 0 Å². The van der Waals surface area contributed by atoms with Crippen LogP contribution in [0.3, 0.4) is 0 Å². The number of aromatic nitrogens is 7. The molecule has 0 aliphatic heterocycles. The first-order valence-electron chi connectivity index (χ1n) is 10.3. The van der Waals surface area contributed by atoms with E-state index in [1.807, 2.05) is 30.3 Å². The highest BCUT2D eigenvalue weighted by Gasteiger charge is 2.16. The smallest absolute Gasteiger partial charge is 0.228 e. The minimum absolute atomic E-state index is 0.160. The highest BCUT2D eigenvalue weighted by Crippen LogP contribution is 2.39. The molecule has 11 heteroatoms. The van der Waals surface area contributed by atoms with Crippen LogP contribution in [0.15, 0.2) is 61.2 Å². The zero-order valence-corrected chi connectivity index (χ0v) is 18.7. The van der Waals surface area contributed by atoms with E-state index in [4.69, 9.17) is 18.9 Å². The quantitative estimate of drug-likeness (QED) is 0.346. The van der Waals surface area contributed by atoms with Gasteiger partial charge in [-0.2, -0.15) is 5.10 Å². The summed E-state index contributed by atoms with van der Waals surface area (Å²) in [6.07, 6.45) is 4.89. The van der Waals surface area contributed by atoms with Gasteiger partial charge < -0.3 is 18.9 Å². The number of fused-ring (bicyclic) bond motifs is 1. The van der Waals surface area contributed by atoms with Crippen molar-refractivity contribution in [1.29, 1.82) is 0 Å². The van der Waals surface area contributed by atoms with Crippen molar-refractivity contribution < 1.29 is 18.9 Å². The van der Waals surface area contributed by atoms with E-state index in [-0.39, 0.29) is 6.61 Å². The lowest BCUT2D eigenvalue weighted by Crippen LogP contribution is -2.01. The second kappa shape index (κ2) is 9.06. The van der Waals surface area contributed by atoms with Gasteiger partial charge in [-0.15, -0.1) is 5.10 Å². The maximum atomic E-state index is 5.94. The third-order valence-corrected chi connectivity index (χ3v) is 5.14. The molecule has 0 N–H and O–H groups in total. The van der Waals surface area contributed by atoms with E-state index in [1.165, 1.54) is 6.33 Å². The fraction of sp³-hybridized carbons (Fsp3) is 0.174. The van der Waals surface area contributed by atoms with E-state index < -0.39 is 0 Å². The molecule has 0 saturated heterocycles. The zero-order chi connectivity index (χ0) is 23.5. The Balaban J connectivity index is 1.38. The molecular formula is C23H21N7O4. The van der Waals surface area contributed by atoms with Gasteiger partial charge >= 0.3 is 0 Å². The monoisotopic (exact) mass is 459 g/mol. The van der Waals surface area contributed by atoms with Crippen molar-refractivity contribution in [2.24, 2.45) is 0 Å². The summed E-state index contributed by atoms with van der Waals surface area (Å²) < 4.78 is 25.5. The Morgan fingerprint density at radius 1 is 0.882 bits per heavy atom. The van der Waals surface area contributed by atoms with Gasteiger partial charge in [-0.3, -0.25) is 0 Å². The molecule has 0 unspecified atom stereocenters. The van der Waals surface area contributed by atoms with Crippen LogP contribution < -0.4 is 18.9 Å². The molecule has 0 fully saturated rings. The highest BCUT2D eigenvalue weighted by atomic mass is 16.5. The first-order valence-corrected chi connectivity index (χ1v) is 10.3. The lowest BCUT2D eigenvalue weighted by molar-refractivity contribution is 0.293. The van der Waals surface area contributed by atoms with Gasteiger partial charge in [0.05, 0.1) is 45.1 Å². The average molecular weight is 459 g/mol. The lowest BCUT2D eigenvalue weighted by Gasteiger charge is -2.13. The summed E-state index contributed by atoms with van der Waals surface area (Å²) in [5.41, 5.74) is 2.85. The Bertz CT molecular complexity index is 1410. The molecule has 0 spiro atoms. The molecular weight excluding hydrogens is 438 g/mol. The first-order chi connectivity index (χ1) is 16.7. The van der Waals surface area contributed by atoms with E-state index in [0.717, 1.165) is 5.69 Å². The Kier molecular flexibility index (Phi) is 5.65. The minimum atomic E-state index is 0.160. The molecule has 11 nitrogen and oxygen atoms in total. The Morgan fingerprint density at radius 2 is 1.65 bits per heavy atom. The lowest BCUT2D eigenvalue weighted by atomic mass is 10.2. The summed E-state index contributed by atoms with van der Waals surface area (Å²) in [5, 5.41) is 13.5. The van der Waals surface area contributed by atoms with Crippen molar-refractivity contribution in [2.45, 2.75) is 6.61 Å². The van der Waals surface area contributed by atoms with Crippen LogP contribution in [0.4, 0.5) is 0 Å². The van der Waals surface area contributed by atoms with Gasteiger partial charge in [0.2, 0.25) is 11.6 Å². The Labute approximate surface area is 194 Å². The molecule has 3 aromatic heterocycles. The molecule has 5 aromatic rings. The predicted octanol–water partition coefficient (Wildman–Crippen LogP) is 3.00. The zero-order valence-electron chi connectivity index (χ0n) is 18.7. The number of para-hydroxylation sites is 1. The molecule has 172 valence electrons. The molecule has 0 bridgehead atoms. The Hall–Kier alpha value is -4.67. The van der Waals surface area contributed by atoms with Crippen LogP contribution in [0.1, 0.15) is 5.69 Å². The van der Waals surface area contributed by atoms with Gasteiger partial charge in [-0.1, -0.05) is 23.4 Å². The van der Waals surface area contributed by atoms with Gasteiger partial charge in [0.1, 0.15) is 24.0 Å². The number of ether oxygens (including phenoxy) is 4. The molecule has 0 aliphatic carbocycles. The highest BCUT2D eigenvalue weighted by molar-refractivity contribution is 5.81. The number of nitrogens with zero attached hydrogens (tertiary/aromatic N) is 7. The maximum Gasteiger partial charge on any atom is 0.228 e. The van der Waals surface area contributed by atoms with Crippen LogP contribution >= 0.6 is 0 Å². The largest absolute Gasteiger partial charge is 0.493 e. The fourth-order valence-corrected chi connectivity index (χ4v) is 3.53. The summed E-state index contributed by atoms with van der Waals surface area (Å²) in [6.45, 7) is 0.160. The van der Waals surface area contributed by atoms with Crippen LogP contribution in [-0.2, 0) is 6.61 Å². The SMILES string of the molecule is COc1cc(-n2cc(COc3ncnc4c3cnn4-c3ccccc3)nn2)cc(OC)c1OC. The molecule has 34 heavy (non-hydrogen) atoms. The standard InChI is InChI=1S/C23H21N7O4/c1-31-19-9-17(10-20(32-2)21(19)33-3)29-12-15(27-28-29)13-34-23-18-11-26-30(22(18)24-14-25-23)16-7-5-4-6-8-16/h4-12,14H,13H2,1-3H3. The maximum absolute atomic E-state index is 5.94. The molecule has 0 radical (unpaired) electrons. The van der Waals surface area contributed by atoms with Crippen molar-refractivity contribution >= 4 is 11.0 Å². The molecule has 3 heterocycles. The summed E-state index contributed by atoms with van der Waals surface area (Å²) >= 11 is 0.